The number of hydrogen-bond donors (Lipinski definition) is 1. The highest BCUT2D eigenvalue weighted by molar-refractivity contribution is 7.88. The second-order valence-corrected chi connectivity index (χ2v) is 14.1. The predicted octanol–water partition coefficient (Wildman–Crippen LogP) is 2.83. The van der Waals surface area contributed by atoms with E-state index in [1.807, 2.05) is 36.4 Å². The lowest BCUT2D eigenvalue weighted by atomic mass is 9.94. The summed E-state index contributed by atoms with van der Waals surface area (Å²) in [5.41, 5.74) is 7.36. The Morgan fingerprint density at radius 1 is 1.11 bits per heavy atom. The number of rotatable bonds is 7. The predicted molar refractivity (Wildman–Crippen MR) is 172 cm³/mol. The van der Waals surface area contributed by atoms with Crippen molar-refractivity contribution in [3.8, 4) is 23.1 Å². The van der Waals surface area contributed by atoms with Gasteiger partial charge < -0.3 is 14.8 Å². The van der Waals surface area contributed by atoms with Crippen LogP contribution in [-0.2, 0) is 56.8 Å². The third-order valence-electron chi connectivity index (χ3n) is 8.75. The van der Waals surface area contributed by atoms with Crippen LogP contribution in [0.4, 0.5) is 0 Å². The number of sulfonamides is 1. The number of carbonyl (C=O) groups is 1. The summed E-state index contributed by atoms with van der Waals surface area (Å²) in [6.45, 7) is 6.44. The van der Waals surface area contributed by atoms with Crippen molar-refractivity contribution in [1.29, 1.82) is 0 Å². The summed E-state index contributed by atoms with van der Waals surface area (Å²) in [7, 11) is -1.95. The molecule has 238 valence electrons. The first-order chi connectivity index (χ1) is 21.7. The lowest BCUT2D eigenvalue weighted by molar-refractivity contribution is -0.143. The second-order valence-electron chi connectivity index (χ2n) is 11.7. The van der Waals surface area contributed by atoms with Crippen molar-refractivity contribution in [2.75, 3.05) is 52.8 Å². The van der Waals surface area contributed by atoms with E-state index in [1.165, 1.54) is 17.7 Å². The fraction of sp³-hybridized carbons (Fsp3) is 0.455. The minimum Gasteiger partial charge on any atom is -0.468 e. The molecule has 0 amide bonds. The van der Waals surface area contributed by atoms with Gasteiger partial charge in [-0.05, 0) is 48.2 Å². The highest BCUT2D eigenvalue weighted by atomic mass is 35.5. The van der Waals surface area contributed by atoms with Crippen molar-refractivity contribution in [2.24, 2.45) is 0 Å². The van der Waals surface area contributed by atoms with Crippen LogP contribution in [0.1, 0.15) is 39.9 Å². The van der Waals surface area contributed by atoms with Crippen LogP contribution in [0.15, 0.2) is 36.4 Å². The molecule has 1 atom stereocenters. The number of carbonyl (C=O) groups excluding carboxylic acids is 1. The number of hydrogen-bond acceptors (Lipinski definition) is 8. The van der Waals surface area contributed by atoms with Crippen molar-refractivity contribution >= 4 is 27.6 Å². The molecule has 1 aromatic heterocycles. The van der Waals surface area contributed by atoms with Gasteiger partial charge in [-0.25, -0.2) is 8.42 Å². The summed E-state index contributed by atoms with van der Waals surface area (Å²) >= 11 is 6.62. The van der Waals surface area contributed by atoms with Gasteiger partial charge in [-0.1, -0.05) is 35.6 Å². The van der Waals surface area contributed by atoms with Crippen molar-refractivity contribution < 1.29 is 22.7 Å². The number of morpholine rings is 1. The van der Waals surface area contributed by atoms with Crippen molar-refractivity contribution in [3.63, 3.8) is 0 Å². The molecule has 1 fully saturated rings. The summed E-state index contributed by atoms with van der Waals surface area (Å²) in [5.74, 6) is 6.23. The molecule has 4 heterocycles. The third-order valence-corrected chi connectivity index (χ3v) is 10.3. The standard InChI is InChI=1S/C33H38ClN5O5S/c1-43-33(40)30-20-24-6-4-23(18-27(24)21-35-30)5-7-25-19-26(8-9-29(25)34)32-28-22-38(45(2,41)42)13-10-31(28)39(36-32)12-3-11-37-14-16-44-17-15-37/h4,6,8-9,18-19,30,35H,3,10-17,20-22H2,1-2H3. The van der Waals surface area contributed by atoms with E-state index in [-0.39, 0.29) is 18.6 Å². The summed E-state index contributed by atoms with van der Waals surface area (Å²) in [6, 6.07) is 11.4. The number of methoxy groups -OCH3 is 1. The van der Waals surface area contributed by atoms with Crippen molar-refractivity contribution in [3.05, 3.63) is 74.9 Å². The molecule has 0 aliphatic carbocycles. The number of fused-ring (bicyclic) bond motifs is 2. The Hall–Kier alpha value is -3.24. The fourth-order valence-electron chi connectivity index (χ4n) is 6.24. The van der Waals surface area contributed by atoms with Gasteiger partial charge in [0.15, 0.2) is 0 Å². The Morgan fingerprint density at radius 3 is 2.71 bits per heavy atom. The molecule has 12 heteroatoms. The Balaban J connectivity index is 1.26. The molecule has 0 radical (unpaired) electrons. The van der Waals surface area contributed by atoms with Crippen LogP contribution >= 0.6 is 11.6 Å². The zero-order chi connectivity index (χ0) is 31.6. The maximum Gasteiger partial charge on any atom is 0.323 e. The van der Waals surface area contributed by atoms with Crippen LogP contribution in [0.2, 0.25) is 5.02 Å². The first-order valence-electron chi connectivity index (χ1n) is 15.3. The largest absolute Gasteiger partial charge is 0.468 e. The van der Waals surface area contributed by atoms with Crippen LogP contribution in [0.3, 0.4) is 0 Å². The molecule has 2 aromatic carbocycles. The van der Waals surface area contributed by atoms with Gasteiger partial charge in [0.1, 0.15) is 6.04 Å². The second kappa shape index (κ2) is 13.6. The molecule has 45 heavy (non-hydrogen) atoms. The van der Waals surface area contributed by atoms with E-state index in [1.54, 1.807) is 0 Å². The van der Waals surface area contributed by atoms with Gasteiger partial charge in [0.2, 0.25) is 10.0 Å². The molecule has 3 aliphatic rings. The van der Waals surface area contributed by atoms with Crippen LogP contribution in [0, 0.1) is 11.8 Å². The van der Waals surface area contributed by atoms with Gasteiger partial charge in [-0.15, -0.1) is 0 Å². The number of aryl methyl sites for hydroxylation is 1. The van der Waals surface area contributed by atoms with Gasteiger partial charge in [-0.3, -0.25) is 14.4 Å². The average molecular weight is 652 g/mol. The summed E-state index contributed by atoms with van der Waals surface area (Å²) in [6.07, 6.45) is 3.39. The highest BCUT2D eigenvalue weighted by Gasteiger charge is 2.30. The zero-order valence-corrected chi connectivity index (χ0v) is 27.2. The zero-order valence-electron chi connectivity index (χ0n) is 25.6. The topological polar surface area (TPSA) is 106 Å². The van der Waals surface area contributed by atoms with Gasteiger partial charge in [0.05, 0.1) is 37.3 Å². The molecule has 1 unspecified atom stereocenters. The highest BCUT2D eigenvalue weighted by Crippen LogP contribution is 2.33. The number of aromatic nitrogens is 2. The first-order valence-corrected chi connectivity index (χ1v) is 17.5. The molecule has 0 bridgehead atoms. The fourth-order valence-corrected chi connectivity index (χ4v) is 7.20. The Bertz CT molecular complexity index is 1760. The molecule has 10 nitrogen and oxygen atoms in total. The third kappa shape index (κ3) is 7.27. The number of benzene rings is 2. The molecule has 1 saturated heterocycles. The molecule has 1 N–H and O–H groups in total. The van der Waals surface area contributed by atoms with E-state index in [0.717, 1.165) is 85.0 Å². The van der Waals surface area contributed by atoms with E-state index in [9.17, 15) is 13.2 Å². The van der Waals surface area contributed by atoms with Gasteiger partial charge in [-0.2, -0.15) is 9.40 Å². The number of nitrogens with one attached hydrogen (secondary N) is 1. The van der Waals surface area contributed by atoms with Crippen molar-refractivity contribution in [2.45, 2.75) is 44.9 Å². The average Bonchev–Trinajstić information content (AvgIpc) is 3.41. The molecule has 0 spiro atoms. The maximum absolute atomic E-state index is 12.5. The van der Waals surface area contributed by atoms with Gasteiger partial charge in [0.25, 0.3) is 0 Å². The lowest BCUT2D eigenvalue weighted by Gasteiger charge is -2.27. The number of halogens is 1. The van der Waals surface area contributed by atoms with Gasteiger partial charge >= 0.3 is 5.97 Å². The van der Waals surface area contributed by atoms with Crippen LogP contribution < -0.4 is 5.32 Å². The van der Waals surface area contributed by atoms with E-state index < -0.39 is 10.0 Å². The molecular weight excluding hydrogens is 614 g/mol. The quantitative estimate of drug-likeness (QED) is 0.307. The summed E-state index contributed by atoms with van der Waals surface area (Å²) in [5, 5.41) is 8.80. The minimum atomic E-state index is -3.35. The Kier molecular flexibility index (Phi) is 9.61. The summed E-state index contributed by atoms with van der Waals surface area (Å²) in [4.78, 5) is 14.4. The molecular formula is C33H38ClN5O5S. The van der Waals surface area contributed by atoms with Crippen molar-refractivity contribution in [1.82, 2.24) is 24.3 Å². The van der Waals surface area contributed by atoms with E-state index in [2.05, 4.69) is 26.7 Å². The number of ether oxygens (including phenoxy) is 2. The smallest absolute Gasteiger partial charge is 0.323 e. The Labute approximate surface area is 269 Å². The normalized spacial score (nSPS) is 18.9. The SMILES string of the molecule is COC(=O)C1Cc2ccc(C#Cc3cc(-c4nn(CCCN5CCOCC5)c5c4CN(S(C)(=O)=O)CC5)ccc3Cl)cc2CN1. The van der Waals surface area contributed by atoms with E-state index >= 15 is 0 Å². The van der Waals surface area contributed by atoms with Crippen LogP contribution in [0.5, 0.6) is 0 Å². The lowest BCUT2D eigenvalue weighted by Crippen LogP contribution is -2.42. The monoisotopic (exact) mass is 651 g/mol. The maximum atomic E-state index is 12.5. The number of nitrogens with zero attached hydrogens (tertiary/aromatic N) is 4. The molecule has 0 saturated carbocycles. The molecule has 6 rings (SSSR count). The number of esters is 1. The molecule has 3 aromatic rings. The van der Waals surface area contributed by atoms with Gasteiger partial charge in [0, 0.05) is 80.2 Å². The van der Waals surface area contributed by atoms with E-state index in [4.69, 9.17) is 26.2 Å². The summed E-state index contributed by atoms with van der Waals surface area (Å²) < 4.78 is 38.9. The van der Waals surface area contributed by atoms with Crippen LogP contribution in [0.25, 0.3) is 11.3 Å². The van der Waals surface area contributed by atoms with Crippen LogP contribution in [-0.4, -0.2) is 92.2 Å². The molecule has 3 aliphatic heterocycles. The van der Waals surface area contributed by atoms with E-state index in [0.29, 0.717) is 36.5 Å². The minimum absolute atomic E-state index is 0.262. The first kappa shape index (κ1) is 31.7. The Morgan fingerprint density at radius 2 is 1.93 bits per heavy atom.